The van der Waals surface area contributed by atoms with Gasteiger partial charge in [-0.05, 0) is 19.1 Å². The number of hydrogen-bond acceptors (Lipinski definition) is 3. The molecule has 0 fully saturated rings. The smallest absolute Gasteiger partial charge is 0.0975 e. The van der Waals surface area contributed by atoms with Crippen LogP contribution in [0.5, 0.6) is 0 Å². The summed E-state index contributed by atoms with van der Waals surface area (Å²) in [5.74, 6) is 0. The summed E-state index contributed by atoms with van der Waals surface area (Å²) in [5, 5.41) is 0. The van der Waals surface area contributed by atoms with Gasteiger partial charge in [0, 0.05) is 17.3 Å². The summed E-state index contributed by atoms with van der Waals surface area (Å²) in [6.07, 6.45) is 6.93. The Labute approximate surface area is 77.5 Å². The largest absolute Gasteiger partial charge is 0.255 e. The molecule has 0 saturated heterocycles. The van der Waals surface area contributed by atoms with Crippen LogP contribution in [0.1, 0.15) is 6.92 Å². The molecular formula is C9H10N2S. The fourth-order valence-corrected chi connectivity index (χ4v) is 1.05. The van der Waals surface area contributed by atoms with Crippen LogP contribution in [0.15, 0.2) is 45.5 Å². The minimum Gasteiger partial charge on any atom is -0.255 e. The molecule has 1 aliphatic heterocycles. The lowest BCUT2D eigenvalue weighted by atomic mass is 10.2. The summed E-state index contributed by atoms with van der Waals surface area (Å²) in [7, 11) is 0. The predicted molar refractivity (Wildman–Crippen MR) is 57.0 cm³/mol. The number of nitrogens with zero attached hydrogens (tertiary/aromatic N) is 2. The summed E-state index contributed by atoms with van der Waals surface area (Å²) in [6, 6.07) is 0. The third-order valence-electron chi connectivity index (χ3n) is 1.36. The summed E-state index contributed by atoms with van der Waals surface area (Å²) in [5.41, 5.74) is 1.61. The molecule has 2 nitrogen and oxygen atoms in total. The van der Waals surface area contributed by atoms with Crippen molar-refractivity contribution in [1.29, 1.82) is 0 Å². The maximum atomic E-state index is 4.21. The first-order valence-corrected chi connectivity index (χ1v) is 4.00. The minimum absolute atomic E-state index is 0.806. The maximum absolute atomic E-state index is 4.21. The quantitative estimate of drug-likeness (QED) is 0.596. The number of rotatable bonds is 1. The standard InChI is InChI=1S/C9H10N2S/c1-3-10-8-5-4-6-11-9(8)7(2)12/h3-6,12H,1H2,2H3/b9-7-,10-8-. The van der Waals surface area contributed by atoms with Crippen LogP contribution < -0.4 is 0 Å². The molecule has 0 bridgehead atoms. The van der Waals surface area contributed by atoms with Crippen LogP contribution in [0.4, 0.5) is 0 Å². The summed E-state index contributed by atoms with van der Waals surface area (Å²) >= 11 is 4.21. The molecule has 1 rings (SSSR count). The van der Waals surface area contributed by atoms with E-state index in [4.69, 9.17) is 0 Å². The van der Waals surface area contributed by atoms with Crippen molar-refractivity contribution in [1.82, 2.24) is 0 Å². The molecule has 0 saturated carbocycles. The fraction of sp³-hybridized carbons (Fsp3) is 0.111. The lowest BCUT2D eigenvalue weighted by Gasteiger charge is -2.05. The molecule has 0 aromatic rings. The van der Waals surface area contributed by atoms with Crippen LogP contribution in [0, 0.1) is 0 Å². The maximum Gasteiger partial charge on any atom is 0.0975 e. The van der Waals surface area contributed by atoms with E-state index in [0.717, 1.165) is 16.3 Å². The number of aliphatic imine (C=N–C) groups is 2. The molecule has 0 aromatic carbocycles. The molecule has 3 heteroatoms. The van der Waals surface area contributed by atoms with Crippen molar-refractivity contribution in [2.45, 2.75) is 6.92 Å². The van der Waals surface area contributed by atoms with Crippen LogP contribution >= 0.6 is 12.6 Å². The third-order valence-corrected chi connectivity index (χ3v) is 1.57. The van der Waals surface area contributed by atoms with Crippen LogP contribution in [0.2, 0.25) is 0 Å². The van der Waals surface area contributed by atoms with Crippen molar-refractivity contribution in [3.8, 4) is 0 Å². The highest BCUT2D eigenvalue weighted by molar-refractivity contribution is 7.84. The Morgan fingerprint density at radius 2 is 2.50 bits per heavy atom. The Morgan fingerprint density at radius 3 is 3.08 bits per heavy atom. The Morgan fingerprint density at radius 1 is 1.75 bits per heavy atom. The molecule has 0 N–H and O–H groups in total. The van der Waals surface area contributed by atoms with Gasteiger partial charge in [0.1, 0.15) is 0 Å². The SMILES string of the molecule is C=C/N=C1/C=CC=N/C1=C(/C)S. The first-order chi connectivity index (χ1) is 5.75. The molecule has 0 atom stereocenters. The van der Waals surface area contributed by atoms with Gasteiger partial charge in [-0.3, -0.25) is 9.98 Å². The van der Waals surface area contributed by atoms with Gasteiger partial charge in [0.2, 0.25) is 0 Å². The number of hydrogen-bond donors (Lipinski definition) is 1. The van der Waals surface area contributed by atoms with Crippen LogP contribution in [-0.4, -0.2) is 11.9 Å². The third kappa shape index (κ3) is 1.95. The number of allylic oxidation sites excluding steroid dienone is 3. The van der Waals surface area contributed by atoms with Gasteiger partial charge < -0.3 is 0 Å². The van der Waals surface area contributed by atoms with Gasteiger partial charge in [-0.25, -0.2) is 0 Å². The normalized spacial score (nSPS) is 23.0. The Hall–Kier alpha value is -1.09. The molecule has 0 radical (unpaired) electrons. The number of thiol groups is 1. The molecule has 0 amide bonds. The zero-order valence-corrected chi connectivity index (χ0v) is 7.75. The van der Waals surface area contributed by atoms with E-state index in [9.17, 15) is 0 Å². The highest BCUT2D eigenvalue weighted by Gasteiger charge is 2.05. The summed E-state index contributed by atoms with van der Waals surface area (Å²) < 4.78 is 0. The highest BCUT2D eigenvalue weighted by atomic mass is 32.1. The number of dihydropyridines is 1. The van der Waals surface area contributed by atoms with E-state index < -0.39 is 0 Å². The topological polar surface area (TPSA) is 24.7 Å². The first-order valence-electron chi connectivity index (χ1n) is 3.55. The van der Waals surface area contributed by atoms with Gasteiger partial charge in [-0.15, -0.1) is 12.6 Å². The van der Waals surface area contributed by atoms with E-state index in [1.165, 1.54) is 6.20 Å². The molecular weight excluding hydrogens is 168 g/mol. The monoisotopic (exact) mass is 178 g/mol. The van der Waals surface area contributed by atoms with Crippen LogP contribution in [-0.2, 0) is 0 Å². The van der Waals surface area contributed by atoms with E-state index in [1.54, 1.807) is 6.21 Å². The molecule has 12 heavy (non-hydrogen) atoms. The van der Waals surface area contributed by atoms with Gasteiger partial charge in [0.05, 0.1) is 11.4 Å². The van der Waals surface area contributed by atoms with Gasteiger partial charge in [0.25, 0.3) is 0 Å². The zero-order chi connectivity index (χ0) is 8.97. The second-order valence-electron chi connectivity index (χ2n) is 2.27. The molecule has 0 spiro atoms. The van der Waals surface area contributed by atoms with E-state index in [0.29, 0.717) is 0 Å². The summed E-state index contributed by atoms with van der Waals surface area (Å²) in [4.78, 5) is 9.06. The molecule has 0 aromatic heterocycles. The van der Waals surface area contributed by atoms with E-state index in [1.807, 2.05) is 19.1 Å². The van der Waals surface area contributed by atoms with E-state index in [2.05, 4.69) is 29.2 Å². The molecule has 0 unspecified atom stereocenters. The van der Waals surface area contributed by atoms with E-state index in [-0.39, 0.29) is 0 Å². The average molecular weight is 178 g/mol. The summed E-state index contributed by atoms with van der Waals surface area (Å²) in [6.45, 7) is 5.41. The molecule has 1 heterocycles. The predicted octanol–water partition coefficient (Wildman–Crippen LogP) is 2.37. The molecule has 0 aliphatic carbocycles. The highest BCUT2D eigenvalue weighted by Crippen LogP contribution is 2.14. The first kappa shape index (κ1) is 9.00. The second-order valence-corrected chi connectivity index (χ2v) is 2.94. The van der Waals surface area contributed by atoms with Crippen molar-refractivity contribution in [2.24, 2.45) is 9.98 Å². The average Bonchev–Trinajstić information content (AvgIpc) is 2.05. The zero-order valence-electron chi connectivity index (χ0n) is 6.86. The molecule has 1 aliphatic rings. The van der Waals surface area contributed by atoms with Gasteiger partial charge in [-0.1, -0.05) is 6.58 Å². The van der Waals surface area contributed by atoms with Gasteiger partial charge in [-0.2, -0.15) is 0 Å². The lowest BCUT2D eigenvalue weighted by Crippen LogP contribution is -2.01. The van der Waals surface area contributed by atoms with Crippen molar-refractivity contribution < 1.29 is 0 Å². The Balaban J connectivity index is 3.10. The Kier molecular flexibility index (Phi) is 3.05. The van der Waals surface area contributed by atoms with Crippen LogP contribution in [0.3, 0.4) is 0 Å². The van der Waals surface area contributed by atoms with Gasteiger partial charge >= 0.3 is 0 Å². The van der Waals surface area contributed by atoms with Crippen molar-refractivity contribution in [3.63, 3.8) is 0 Å². The van der Waals surface area contributed by atoms with Crippen LogP contribution in [0.25, 0.3) is 0 Å². The van der Waals surface area contributed by atoms with E-state index >= 15 is 0 Å². The second kappa shape index (κ2) is 4.07. The van der Waals surface area contributed by atoms with Crippen molar-refractivity contribution in [3.05, 3.63) is 35.5 Å². The Bertz CT molecular complexity index is 304. The minimum atomic E-state index is 0.806. The van der Waals surface area contributed by atoms with Crippen molar-refractivity contribution in [2.75, 3.05) is 0 Å². The fourth-order valence-electron chi connectivity index (χ4n) is 0.878. The lowest BCUT2D eigenvalue weighted by molar-refractivity contribution is 1.39. The van der Waals surface area contributed by atoms with Crippen molar-refractivity contribution >= 4 is 24.6 Å². The molecule has 62 valence electrons. The van der Waals surface area contributed by atoms with Gasteiger partial charge in [0.15, 0.2) is 0 Å².